The molecule has 0 spiro atoms. The monoisotopic (exact) mass is 587 g/mol. The number of hydrogen-bond donors (Lipinski definition) is 2. The van der Waals surface area contributed by atoms with E-state index in [-0.39, 0.29) is 23.6 Å². The average Bonchev–Trinajstić information content (AvgIpc) is 3.00. The number of halogens is 3. The van der Waals surface area contributed by atoms with Crippen molar-refractivity contribution in [3.05, 3.63) is 113 Å². The SMILES string of the molecule is Cc1ccc(NC(=O)c2ccc(CN3CCN(C)CC3)c(C(F)(F)F)c2)cc1NC(=O)c1cccc(-c2cccnc2)c1. The Bertz CT molecular complexity index is 1620. The second kappa shape index (κ2) is 12.8. The summed E-state index contributed by atoms with van der Waals surface area (Å²) < 4.78 is 42.0. The molecule has 0 bridgehead atoms. The number of anilines is 2. The second-order valence-electron chi connectivity index (χ2n) is 10.7. The van der Waals surface area contributed by atoms with Crippen molar-refractivity contribution in [1.82, 2.24) is 14.8 Å². The van der Waals surface area contributed by atoms with Crippen LogP contribution >= 0.6 is 0 Å². The molecular weight excluding hydrogens is 555 g/mol. The van der Waals surface area contributed by atoms with Gasteiger partial charge in [-0.3, -0.25) is 19.5 Å². The van der Waals surface area contributed by atoms with Crippen molar-refractivity contribution in [2.75, 3.05) is 43.9 Å². The molecule has 2 N–H and O–H groups in total. The quantitative estimate of drug-likeness (QED) is 0.264. The Labute approximate surface area is 248 Å². The number of benzene rings is 3. The van der Waals surface area contributed by atoms with E-state index >= 15 is 0 Å². The number of amides is 2. The minimum absolute atomic E-state index is 0.104. The van der Waals surface area contributed by atoms with Gasteiger partial charge in [-0.1, -0.05) is 30.3 Å². The van der Waals surface area contributed by atoms with Crippen molar-refractivity contribution >= 4 is 23.2 Å². The number of nitrogens with zero attached hydrogens (tertiary/aromatic N) is 3. The van der Waals surface area contributed by atoms with Gasteiger partial charge >= 0.3 is 6.18 Å². The van der Waals surface area contributed by atoms with Gasteiger partial charge in [0.2, 0.25) is 0 Å². The van der Waals surface area contributed by atoms with Crippen molar-refractivity contribution in [2.45, 2.75) is 19.6 Å². The van der Waals surface area contributed by atoms with Crippen LogP contribution in [0.1, 0.15) is 37.4 Å². The Morgan fingerprint density at radius 3 is 2.28 bits per heavy atom. The molecule has 1 fully saturated rings. The number of pyridine rings is 1. The topological polar surface area (TPSA) is 77.6 Å². The summed E-state index contributed by atoms with van der Waals surface area (Å²) in [4.78, 5) is 34.4. The highest BCUT2D eigenvalue weighted by molar-refractivity contribution is 6.07. The van der Waals surface area contributed by atoms with E-state index in [4.69, 9.17) is 0 Å². The lowest BCUT2D eigenvalue weighted by atomic mass is 10.0. The van der Waals surface area contributed by atoms with E-state index in [1.807, 2.05) is 37.1 Å². The number of carbonyl (C=O) groups is 2. The molecule has 2 heterocycles. The average molecular weight is 588 g/mol. The Morgan fingerprint density at radius 1 is 0.837 bits per heavy atom. The first-order valence-electron chi connectivity index (χ1n) is 13.9. The third kappa shape index (κ3) is 7.46. The summed E-state index contributed by atoms with van der Waals surface area (Å²) in [6.45, 7) is 4.91. The minimum Gasteiger partial charge on any atom is -0.322 e. The van der Waals surface area contributed by atoms with E-state index in [0.29, 0.717) is 30.0 Å². The van der Waals surface area contributed by atoms with Crippen LogP contribution in [0.25, 0.3) is 11.1 Å². The van der Waals surface area contributed by atoms with E-state index < -0.39 is 17.6 Å². The van der Waals surface area contributed by atoms with Crippen LogP contribution < -0.4 is 10.6 Å². The number of hydrogen-bond acceptors (Lipinski definition) is 5. The molecule has 1 aliphatic heterocycles. The van der Waals surface area contributed by atoms with E-state index in [9.17, 15) is 22.8 Å². The molecule has 43 heavy (non-hydrogen) atoms. The molecule has 3 aromatic carbocycles. The normalized spacial score (nSPS) is 14.3. The lowest BCUT2D eigenvalue weighted by molar-refractivity contribution is -0.138. The van der Waals surface area contributed by atoms with Crippen LogP contribution in [-0.2, 0) is 12.7 Å². The summed E-state index contributed by atoms with van der Waals surface area (Å²) in [5, 5.41) is 5.55. The van der Waals surface area contributed by atoms with Crippen LogP contribution in [0, 0.1) is 6.92 Å². The zero-order chi connectivity index (χ0) is 30.6. The van der Waals surface area contributed by atoms with Gasteiger partial charge in [-0.05, 0) is 73.1 Å². The second-order valence-corrected chi connectivity index (χ2v) is 10.7. The fourth-order valence-corrected chi connectivity index (χ4v) is 4.97. The van der Waals surface area contributed by atoms with Crippen LogP contribution in [-0.4, -0.2) is 59.8 Å². The molecule has 1 aromatic heterocycles. The van der Waals surface area contributed by atoms with E-state index in [0.717, 1.165) is 35.8 Å². The van der Waals surface area contributed by atoms with Crippen molar-refractivity contribution in [3.63, 3.8) is 0 Å². The summed E-state index contributed by atoms with van der Waals surface area (Å²) in [7, 11) is 1.99. The zero-order valence-electron chi connectivity index (χ0n) is 23.9. The van der Waals surface area contributed by atoms with E-state index in [2.05, 4.69) is 20.5 Å². The lowest BCUT2D eigenvalue weighted by Gasteiger charge is -2.33. The Morgan fingerprint density at radius 2 is 1.56 bits per heavy atom. The van der Waals surface area contributed by atoms with Gasteiger partial charge in [-0.15, -0.1) is 0 Å². The Balaban J connectivity index is 1.30. The highest BCUT2D eigenvalue weighted by atomic mass is 19.4. The lowest BCUT2D eigenvalue weighted by Crippen LogP contribution is -2.44. The highest BCUT2D eigenvalue weighted by Crippen LogP contribution is 2.34. The number of aryl methyl sites for hydroxylation is 1. The first kappa shape index (κ1) is 29.9. The van der Waals surface area contributed by atoms with Crippen LogP contribution in [0.3, 0.4) is 0 Å². The fraction of sp³-hybridized carbons (Fsp3) is 0.242. The Hall–Kier alpha value is -4.54. The molecule has 0 aliphatic carbocycles. The standard InChI is InChI=1S/C33H32F3N5O2/c1-22-8-11-28(19-30(22)39-32(43)24-6-3-5-23(17-24)26-7-4-12-37-20-26)38-31(42)25-9-10-27(29(18-25)33(34,35)36)21-41-15-13-40(2)14-16-41/h3-12,17-20H,13-16,21H2,1-2H3,(H,38,42)(H,39,43). The largest absolute Gasteiger partial charge is 0.416 e. The van der Waals surface area contributed by atoms with E-state index in [1.54, 1.807) is 48.8 Å². The third-order valence-electron chi connectivity index (χ3n) is 7.53. The van der Waals surface area contributed by atoms with Crippen LogP contribution in [0.2, 0.25) is 0 Å². The van der Waals surface area contributed by atoms with Gasteiger partial charge in [0.1, 0.15) is 0 Å². The number of rotatable bonds is 7. The third-order valence-corrected chi connectivity index (χ3v) is 7.53. The van der Waals surface area contributed by atoms with Gasteiger partial charge in [0, 0.05) is 73.2 Å². The molecule has 0 atom stereocenters. The number of aromatic nitrogens is 1. The molecule has 5 rings (SSSR count). The van der Waals surface area contributed by atoms with Gasteiger partial charge in [0.05, 0.1) is 5.56 Å². The molecule has 10 heteroatoms. The van der Waals surface area contributed by atoms with Crippen LogP contribution in [0.5, 0.6) is 0 Å². The molecule has 4 aromatic rings. The first-order valence-corrected chi connectivity index (χ1v) is 13.9. The van der Waals surface area contributed by atoms with Gasteiger partial charge in [0.25, 0.3) is 11.8 Å². The number of nitrogens with one attached hydrogen (secondary N) is 2. The Kier molecular flexibility index (Phi) is 8.89. The van der Waals surface area contributed by atoms with Crippen molar-refractivity contribution in [3.8, 4) is 11.1 Å². The predicted octanol–water partition coefficient (Wildman–Crippen LogP) is 6.33. The molecule has 1 saturated heterocycles. The van der Waals surface area contributed by atoms with Gasteiger partial charge < -0.3 is 15.5 Å². The molecule has 222 valence electrons. The number of likely N-dealkylation sites (N-methyl/N-ethyl adjacent to an activating group) is 1. The highest BCUT2D eigenvalue weighted by Gasteiger charge is 2.34. The van der Waals surface area contributed by atoms with E-state index in [1.165, 1.54) is 12.1 Å². The van der Waals surface area contributed by atoms with Crippen molar-refractivity contribution in [1.29, 1.82) is 0 Å². The smallest absolute Gasteiger partial charge is 0.322 e. The maximum Gasteiger partial charge on any atom is 0.416 e. The molecule has 7 nitrogen and oxygen atoms in total. The molecule has 0 radical (unpaired) electrons. The van der Waals surface area contributed by atoms with Crippen LogP contribution in [0.4, 0.5) is 24.5 Å². The number of carbonyl (C=O) groups excluding carboxylic acids is 2. The molecule has 1 aliphatic rings. The maximum absolute atomic E-state index is 14.0. The zero-order valence-corrected chi connectivity index (χ0v) is 23.9. The minimum atomic E-state index is -4.60. The predicted molar refractivity (Wildman–Crippen MR) is 161 cm³/mol. The number of piperazine rings is 1. The molecular formula is C33H32F3N5O2. The van der Waals surface area contributed by atoms with Crippen molar-refractivity contribution < 1.29 is 22.8 Å². The van der Waals surface area contributed by atoms with Crippen molar-refractivity contribution in [2.24, 2.45) is 0 Å². The summed E-state index contributed by atoms with van der Waals surface area (Å²) in [6.07, 6.45) is -1.21. The van der Waals surface area contributed by atoms with Gasteiger partial charge in [0.15, 0.2) is 0 Å². The van der Waals surface area contributed by atoms with Gasteiger partial charge in [-0.25, -0.2) is 0 Å². The van der Waals surface area contributed by atoms with Crippen LogP contribution in [0.15, 0.2) is 85.2 Å². The first-order chi connectivity index (χ1) is 20.6. The molecule has 0 unspecified atom stereocenters. The fourth-order valence-electron chi connectivity index (χ4n) is 4.97. The summed E-state index contributed by atoms with van der Waals surface area (Å²) in [5.41, 5.74) is 2.93. The number of alkyl halides is 3. The summed E-state index contributed by atoms with van der Waals surface area (Å²) in [6, 6.07) is 19.5. The molecule has 0 saturated carbocycles. The van der Waals surface area contributed by atoms with Gasteiger partial charge in [-0.2, -0.15) is 13.2 Å². The maximum atomic E-state index is 14.0. The summed E-state index contributed by atoms with van der Waals surface area (Å²) >= 11 is 0. The molecule has 2 amide bonds. The summed E-state index contributed by atoms with van der Waals surface area (Å²) in [5.74, 6) is -1.02.